The van der Waals surface area contributed by atoms with E-state index in [2.05, 4.69) is 14.9 Å². The van der Waals surface area contributed by atoms with E-state index in [-0.39, 0.29) is 18.4 Å². The predicted octanol–water partition coefficient (Wildman–Crippen LogP) is 2.64. The topological polar surface area (TPSA) is 91.2 Å². The fraction of sp³-hybridized carbons (Fsp3) is 0.100. The Morgan fingerprint density at radius 1 is 1.33 bits per heavy atom. The fourth-order valence-corrected chi connectivity index (χ4v) is 1.49. The van der Waals surface area contributed by atoms with Gasteiger partial charge in [0.15, 0.2) is 6.61 Å². The Hall–Kier alpha value is -1.79. The number of carbonyl (C=O) groups excluding carboxylic acids is 1. The molecule has 0 saturated carbocycles. The molecule has 0 fully saturated rings. The number of rotatable bonds is 3. The second-order valence-corrected chi connectivity index (χ2v) is 4.05. The lowest BCUT2D eigenvalue weighted by atomic mass is 10.2. The van der Waals surface area contributed by atoms with Gasteiger partial charge in [-0.05, 0) is 18.2 Å². The Labute approximate surface area is 112 Å². The Balaban J connectivity index is 2.18. The zero-order chi connectivity index (χ0) is 13.1. The summed E-state index contributed by atoms with van der Waals surface area (Å²) in [7, 11) is 0. The van der Waals surface area contributed by atoms with Crippen LogP contribution < -0.4 is 5.73 Å². The maximum absolute atomic E-state index is 10.4. The van der Waals surface area contributed by atoms with Crippen LogP contribution in [0, 0.1) is 0 Å². The number of primary amides is 1. The number of nitrogens with zero attached hydrogens (tertiary/aromatic N) is 2. The van der Waals surface area contributed by atoms with Gasteiger partial charge in [-0.2, -0.15) is 0 Å². The molecular formula is C10H7Cl2N3O3. The van der Waals surface area contributed by atoms with Crippen molar-refractivity contribution in [1.29, 1.82) is 0 Å². The van der Waals surface area contributed by atoms with Crippen molar-refractivity contribution in [2.45, 2.75) is 6.61 Å². The molecule has 0 atom stereocenters. The van der Waals surface area contributed by atoms with Crippen LogP contribution in [-0.4, -0.2) is 16.3 Å². The van der Waals surface area contributed by atoms with Crippen molar-refractivity contribution in [2.24, 2.45) is 5.73 Å². The average Bonchev–Trinajstić information content (AvgIpc) is 2.79. The number of hydrogen-bond acceptors (Lipinski definition) is 5. The van der Waals surface area contributed by atoms with Crippen LogP contribution in [0.1, 0.15) is 5.89 Å². The van der Waals surface area contributed by atoms with E-state index < -0.39 is 6.09 Å². The minimum absolute atomic E-state index is 0.134. The molecule has 0 aliphatic carbocycles. The van der Waals surface area contributed by atoms with Gasteiger partial charge in [0.25, 0.3) is 5.89 Å². The molecule has 1 aromatic heterocycles. The van der Waals surface area contributed by atoms with Crippen molar-refractivity contribution < 1.29 is 13.9 Å². The zero-order valence-electron chi connectivity index (χ0n) is 8.89. The first kappa shape index (κ1) is 12.7. The highest BCUT2D eigenvalue weighted by molar-refractivity contribution is 6.42. The standard InChI is InChI=1S/C10H7Cl2N3O3/c11-6-2-1-5(3-7(6)12)9-15-14-8(18-9)4-17-10(13)16/h1-3H,4H2,(H2,13,16). The monoisotopic (exact) mass is 287 g/mol. The van der Waals surface area contributed by atoms with E-state index in [1.165, 1.54) is 0 Å². The quantitative estimate of drug-likeness (QED) is 0.937. The van der Waals surface area contributed by atoms with Crippen LogP contribution in [0.2, 0.25) is 10.0 Å². The highest BCUT2D eigenvalue weighted by Gasteiger charge is 2.11. The number of ether oxygens (including phenoxy) is 1. The molecule has 2 N–H and O–H groups in total. The summed E-state index contributed by atoms with van der Waals surface area (Å²) in [4.78, 5) is 10.4. The summed E-state index contributed by atoms with van der Waals surface area (Å²) in [5.41, 5.74) is 5.42. The third-order valence-electron chi connectivity index (χ3n) is 1.97. The average molecular weight is 288 g/mol. The van der Waals surface area contributed by atoms with Gasteiger partial charge in [-0.15, -0.1) is 10.2 Å². The third kappa shape index (κ3) is 2.91. The summed E-state index contributed by atoms with van der Waals surface area (Å²) in [5, 5.41) is 8.28. The van der Waals surface area contributed by atoms with Crippen LogP contribution in [0.15, 0.2) is 22.6 Å². The lowest BCUT2D eigenvalue weighted by molar-refractivity contribution is 0.139. The smallest absolute Gasteiger partial charge is 0.405 e. The minimum Gasteiger partial charge on any atom is -0.440 e. The normalized spacial score (nSPS) is 10.3. The maximum atomic E-state index is 10.4. The molecule has 0 bridgehead atoms. The largest absolute Gasteiger partial charge is 0.440 e. The van der Waals surface area contributed by atoms with Gasteiger partial charge in [0.1, 0.15) is 0 Å². The van der Waals surface area contributed by atoms with Crippen molar-refractivity contribution in [1.82, 2.24) is 10.2 Å². The molecule has 0 aliphatic rings. The molecule has 0 saturated heterocycles. The Kier molecular flexibility index (Phi) is 3.69. The minimum atomic E-state index is -0.913. The molecule has 94 valence electrons. The van der Waals surface area contributed by atoms with Crippen LogP contribution in [0.5, 0.6) is 0 Å². The van der Waals surface area contributed by atoms with Crippen molar-refractivity contribution in [2.75, 3.05) is 0 Å². The number of hydrogen-bond donors (Lipinski definition) is 1. The van der Waals surface area contributed by atoms with Crippen molar-refractivity contribution in [3.8, 4) is 11.5 Å². The summed E-state index contributed by atoms with van der Waals surface area (Å²) < 4.78 is 9.77. The molecule has 6 nitrogen and oxygen atoms in total. The predicted molar refractivity (Wildman–Crippen MR) is 64.1 cm³/mol. The summed E-state index contributed by atoms with van der Waals surface area (Å²) in [5.74, 6) is 0.381. The van der Waals surface area contributed by atoms with Crippen molar-refractivity contribution in [3.63, 3.8) is 0 Å². The van der Waals surface area contributed by atoms with E-state index in [4.69, 9.17) is 33.4 Å². The van der Waals surface area contributed by atoms with E-state index >= 15 is 0 Å². The number of benzene rings is 1. The molecule has 8 heteroatoms. The highest BCUT2D eigenvalue weighted by Crippen LogP contribution is 2.27. The van der Waals surface area contributed by atoms with Crippen molar-refractivity contribution >= 4 is 29.3 Å². The second-order valence-electron chi connectivity index (χ2n) is 3.24. The molecule has 1 amide bonds. The maximum Gasteiger partial charge on any atom is 0.405 e. The van der Waals surface area contributed by atoms with Crippen LogP contribution >= 0.6 is 23.2 Å². The van der Waals surface area contributed by atoms with Gasteiger partial charge in [-0.1, -0.05) is 23.2 Å². The number of aromatic nitrogens is 2. The summed E-state index contributed by atoms with van der Waals surface area (Å²) in [6.45, 7) is -0.177. The highest BCUT2D eigenvalue weighted by atomic mass is 35.5. The van der Waals surface area contributed by atoms with Gasteiger partial charge in [-0.3, -0.25) is 0 Å². The SMILES string of the molecule is NC(=O)OCc1nnc(-c2ccc(Cl)c(Cl)c2)o1. The Bertz CT molecular complexity index is 585. The molecule has 0 aliphatic heterocycles. The summed E-state index contributed by atoms with van der Waals surface area (Å²) in [6, 6.07) is 4.89. The molecular weight excluding hydrogens is 281 g/mol. The third-order valence-corrected chi connectivity index (χ3v) is 2.71. The van der Waals surface area contributed by atoms with Crippen molar-refractivity contribution in [3.05, 3.63) is 34.1 Å². The van der Waals surface area contributed by atoms with Crippen LogP contribution in [0.4, 0.5) is 4.79 Å². The van der Waals surface area contributed by atoms with Crippen LogP contribution in [0.25, 0.3) is 11.5 Å². The molecule has 0 spiro atoms. The van der Waals surface area contributed by atoms with E-state index in [1.54, 1.807) is 18.2 Å². The molecule has 1 aromatic carbocycles. The number of amides is 1. The molecule has 2 aromatic rings. The van der Waals surface area contributed by atoms with E-state index in [0.29, 0.717) is 15.6 Å². The van der Waals surface area contributed by atoms with Gasteiger partial charge in [-0.25, -0.2) is 4.79 Å². The fourth-order valence-electron chi connectivity index (χ4n) is 1.19. The lowest BCUT2D eigenvalue weighted by Gasteiger charge is -1.98. The first-order chi connectivity index (χ1) is 8.56. The molecule has 0 unspecified atom stereocenters. The number of halogens is 2. The Morgan fingerprint density at radius 2 is 2.11 bits per heavy atom. The molecule has 0 radical (unpaired) electrons. The van der Waals surface area contributed by atoms with Crippen LogP contribution in [0.3, 0.4) is 0 Å². The van der Waals surface area contributed by atoms with Gasteiger partial charge in [0, 0.05) is 5.56 Å². The number of carbonyl (C=O) groups is 1. The summed E-state index contributed by atoms with van der Waals surface area (Å²) in [6.07, 6.45) is -0.913. The molecule has 2 rings (SSSR count). The molecule has 18 heavy (non-hydrogen) atoms. The summed E-state index contributed by atoms with van der Waals surface area (Å²) >= 11 is 11.7. The first-order valence-electron chi connectivity index (χ1n) is 4.76. The Morgan fingerprint density at radius 3 is 2.78 bits per heavy atom. The van der Waals surface area contributed by atoms with Gasteiger partial charge >= 0.3 is 6.09 Å². The van der Waals surface area contributed by atoms with E-state index in [1.807, 2.05) is 0 Å². The van der Waals surface area contributed by atoms with E-state index in [0.717, 1.165) is 0 Å². The van der Waals surface area contributed by atoms with Crippen LogP contribution in [-0.2, 0) is 11.3 Å². The van der Waals surface area contributed by atoms with Gasteiger partial charge < -0.3 is 14.9 Å². The lowest BCUT2D eigenvalue weighted by Crippen LogP contribution is -2.12. The van der Waals surface area contributed by atoms with Gasteiger partial charge in [0.05, 0.1) is 10.0 Å². The van der Waals surface area contributed by atoms with Gasteiger partial charge in [0.2, 0.25) is 5.89 Å². The molecule has 1 heterocycles. The second kappa shape index (κ2) is 5.24. The number of nitrogens with two attached hydrogens (primary N) is 1. The first-order valence-corrected chi connectivity index (χ1v) is 5.52. The zero-order valence-corrected chi connectivity index (χ0v) is 10.4. The van der Waals surface area contributed by atoms with E-state index in [9.17, 15) is 4.79 Å².